The minimum absolute atomic E-state index is 0.566. The van der Waals surface area contributed by atoms with Crippen LogP contribution in [0.25, 0.3) is 5.69 Å². The third kappa shape index (κ3) is 3.08. The predicted octanol–water partition coefficient (Wildman–Crippen LogP) is 0.198. The van der Waals surface area contributed by atoms with Gasteiger partial charge in [-0.25, -0.2) is 10.4 Å². The first-order valence-electron chi connectivity index (χ1n) is 5.81. The molecule has 2 amide bonds. The molecule has 1 aromatic carbocycles. The number of hydrogen-bond acceptors (Lipinski definition) is 4. The second-order valence-electron chi connectivity index (χ2n) is 4.02. The van der Waals surface area contributed by atoms with Crippen molar-refractivity contribution in [3.05, 3.63) is 48.5 Å². The van der Waals surface area contributed by atoms with E-state index in [1.54, 1.807) is 19.4 Å². The maximum Gasteiger partial charge on any atom is 0.329 e. The molecule has 7 nitrogen and oxygen atoms in total. The standard InChI is InChI=1S/C13H13N5O2/c1-9(16-17-13(20)12(14)19)10-2-4-11(5-3-10)18-7-6-15-8-18/h2-8H,1H3,(H2,14,19)(H,17,20)/b16-9-. The van der Waals surface area contributed by atoms with Gasteiger partial charge in [0.25, 0.3) is 0 Å². The van der Waals surface area contributed by atoms with E-state index in [4.69, 9.17) is 5.73 Å². The number of carbonyl (C=O) groups is 2. The molecule has 0 aliphatic heterocycles. The van der Waals surface area contributed by atoms with Gasteiger partial charge in [-0.2, -0.15) is 5.10 Å². The minimum atomic E-state index is -1.07. The van der Waals surface area contributed by atoms with Gasteiger partial charge in [0, 0.05) is 18.1 Å². The lowest BCUT2D eigenvalue weighted by Gasteiger charge is -2.04. The average molecular weight is 271 g/mol. The van der Waals surface area contributed by atoms with E-state index in [0.717, 1.165) is 11.3 Å². The van der Waals surface area contributed by atoms with Crippen molar-refractivity contribution < 1.29 is 9.59 Å². The lowest BCUT2D eigenvalue weighted by Crippen LogP contribution is -2.33. The Balaban J connectivity index is 2.11. The van der Waals surface area contributed by atoms with Crippen LogP contribution < -0.4 is 11.2 Å². The van der Waals surface area contributed by atoms with Gasteiger partial charge >= 0.3 is 11.8 Å². The lowest BCUT2D eigenvalue weighted by atomic mass is 10.1. The molecule has 2 rings (SSSR count). The van der Waals surface area contributed by atoms with Crippen LogP contribution in [0.5, 0.6) is 0 Å². The van der Waals surface area contributed by atoms with Gasteiger partial charge in [-0.3, -0.25) is 9.59 Å². The van der Waals surface area contributed by atoms with E-state index in [9.17, 15) is 9.59 Å². The molecule has 1 aromatic heterocycles. The highest BCUT2D eigenvalue weighted by Crippen LogP contribution is 2.09. The van der Waals surface area contributed by atoms with Crippen molar-refractivity contribution in [3.63, 3.8) is 0 Å². The van der Waals surface area contributed by atoms with E-state index in [1.807, 2.05) is 35.0 Å². The maximum absolute atomic E-state index is 11.0. The largest absolute Gasteiger partial charge is 0.361 e. The summed E-state index contributed by atoms with van der Waals surface area (Å²) < 4.78 is 1.87. The molecule has 0 fully saturated rings. The van der Waals surface area contributed by atoms with Crippen LogP contribution in [0, 0.1) is 0 Å². The van der Waals surface area contributed by atoms with Crippen molar-refractivity contribution in [2.24, 2.45) is 10.8 Å². The molecular formula is C13H13N5O2. The topological polar surface area (TPSA) is 102 Å². The zero-order valence-corrected chi connectivity index (χ0v) is 10.8. The van der Waals surface area contributed by atoms with Gasteiger partial charge in [-0.1, -0.05) is 12.1 Å². The van der Waals surface area contributed by atoms with Gasteiger partial charge in [0.2, 0.25) is 0 Å². The molecule has 3 N–H and O–H groups in total. The van der Waals surface area contributed by atoms with Crippen molar-refractivity contribution >= 4 is 17.5 Å². The van der Waals surface area contributed by atoms with Crippen LogP contribution >= 0.6 is 0 Å². The summed E-state index contributed by atoms with van der Waals surface area (Å²) in [6.07, 6.45) is 5.23. The van der Waals surface area contributed by atoms with E-state index in [-0.39, 0.29) is 0 Å². The van der Waals surface area contributed by atoms with Crippen LogP contribution in [-0.4, -0.2) is 27.1 Å². The second kappa shape index (κ2) is 5.79. The number of nitrogens with one attached hydrogen (secondary N) is 1. The van der Waals surface area contributed by atoms with Gasteiger partial charge in [0.05, 0.1) is 12.0 Å². The Hall–Kier alpha value is -2.96. The number of hydrogen-bond donors (Lipinski definition) is 2. The molecule has 1 heterocycles. The summed E-state index contributed by atoms with van der Waals surface area (Å²) >= 11 is 0. The molecule has 0 saturated carbocycles. The number of hydrazone groups is 1. The van der Waals surface area contributed by atoms with Crippen LogP contribution in [0.3, 0.4) is 0 Å². The number of amides is 2. The van der Waals surface area contributed by atoms with E-state index in [0.29, 0.717) is 5.71 Å². The number of imidazole rings is 1. The predicted molar refractivity (Wildman–Crippen MR) is 73.1 cm³/mol. The van der Waals surface area contributed by atoms with Gasteiger partial charge in [-0.15, -0.1) is 0 Å². The smallest absolute Gasteiger partial charge is 0.329 e. The summed E-state index contributed by atoms with van der Waals surface area (Å²) in [6.45, 7) is 1.72. The van der Waals surface area contributed by atoms with E-state index in [2.05, 4.69) is 15.5 Å². The maximum atomic E-state index is 11.0. The molecule has 2 aromatic rings. The fourth-order valence-corrected chi connectivity index (χ4v) is 1.54. The molecule has 20 heavy (non-hydrogen) atoms. The van der Waals surface area contributed by atoms with E-state index < -0.39 is 11.8 Å². The van der Waals surface area contributed by atoms with Crippen molar-refractivity contribution in [2.45, 2.75) is 6.92 Å². The summed E-state index contributed by atoms with van der Waals surface area (Å²) in [5, 5.41) is 3.81. The Morgan fingerprint density at radius 3 is 2.55 bits per heavy atom. The Labute approximate surface area is 115 Å². The van der Waals surface area contributed by atoms with E-state index >= 15 is 0 Å². The molecule has 0 radical (unpaired) electrons. The highest BCUT2D eigenvalue weighted by Gasteiger charge is 2.07. The first kappa shape index (κ1) is 13.5. The van der Waals surface area contributed by atoms with Crippen LogP contribution in [0.15, 0.2) is 48.1 Å². The SMILES string of the molecule is C/C(=N/NC(=O)C(N)=O)c1ccc(-n2ccnc2)cc1. The molecule has 0 aliphatic rings. The summed E-state index contributed by atoms with van der Waals surface area (Å²) in [6, 6.07) is 7.49. The molecular weight excluding hydrogens is 258 g/mol. The summed E-state index contributed by atoms with van der Waals surface area (Å²) in [4.78, 5) is 25.5. The van der Waals surface area contributed by atoms with Gasteiger partial charge in [0.1, 0.15) is 0 Å². The van der Waals surface area contributed by atoms with Crippen molar-refractivity contribution in [1.29, 1.82) is 0 Å². The van der Waals surface area contributed by atoms with Crippen LogP contribution in [-0.2, 0) is 9.59 Å². The summed E-state index contributed by atoms with van der Waals surface area (Å²) in [5.41, 5.74) is 9.23. The number of rotatable bonds is 3. The fraction of sp³-hybridized carbons (Fsp3) is 0.0769. The molecule has 0 unspecified atom stereocenters. The third-order valence-electron chi connectivity index (χ3n) is 2.64. The van der Waals surface area contributed by atoms with Crippen LogP contribution in [0.2, 0.25) is 0 Å². The van der Waals surface area contributed by atoms with Gasteiger partial charge in [-0.05, 0) is 24.6 Å². The monoisotopic (exact) mass is 271 g/mol. The third-order valence-corrected chi connectivity index (χ3v) is 2.64. The summed E-state index contributed by atoms with van der Waals surface area (Å²) in [7, 11) is 0. The number of primary amides is 1. The number of benzene rings is 1. The zero-order chi connectivity index (χ0) is 14.5. The zero-order valence-electron chi connectivity index (χ0n) is 10.8. The molecule has 0 saturated heterocycles. The Morgan fingerprint density at radius 1 is 1.30 bits per heavy atom. The fourth-order valence-electron chi connectivity index (χ4n) is 1.54. The first-order valence-corrected chi connectivity index (χ1v) is 5.81. The van der Waals surface area contributed by atoms with Crippen molar-refractivity contribution in [1.82, 2.24) is 15.0 Å². The number of aromatic nitrogens is 2. The van der Waals surface area contributed by atoms with Crippen LogP contribution in [0.4, 0.5) is 0 Å². The molecule has 0 atom stereocenters. The normalized spacial score (nSPS) is 11.2. The summed E-state index contributed by atoms with van der Waals surface area (Å²) in [5.74, 6) is -2.02. The number of nitrogens with two attached hydrogens (primary N) is 1. The molecule has 0 aliphatic carbocycles. The second-order valence-corrected chi connectivity index (χ2v) is 4.02. The van der Waals surface area contributed by atoms with Gasteiger partial charge in [0.15, 0.2) is 0 Å². The lowest BCUT2D eigenvalue weighted by molar-refractivity contribution is -0.137. The Morgan fingerprint density at radius 2 is 2.00 bits per heavy atom. The first-order chi connectivity index (χ1) is 9.58. The highest BCUT2D eigenvalue weighted by molar-refractivity contribution is 6.34. The van der Waals surface area contributed by atoms with Crippen molar-refractivity contribution in [3.8, 4) is 5.69 Å². The average Bonchev–Trinajstić information content (AvgIpc) is 2.98. The van der Waals surface area contributed by atoms with Crippen molar-refractivity contribution in [2.75, 3.05) is 0 Å². The highest BCUT2D eigenvalue weighted by atomic mass is 16.2. The molecule has 7 heteroatoms. The van der Waals surface area contributed by atoms with Gasteiger partial charge < -0.3 is 10.3 Å². The number of nitrogens with zero attached hydrogens (tertiary/aromatic N) is 3. The molecule has 102 valence electrons. The quantitative estimate of drug-likeness (QED) is 0.473. The van der Waals surface area contributed by atoms with Crippen LogP contribution in [0.1, 0.15) is 12.5 Å². The molecule has 0 spiro atoms. The minimum Gasteiger partial charge on any atom is -0.361 e. The Bertz CT molecular complexity index is 644. The Kier molecular flexibility index (Phi) is 3.90. The molecule has 0 bridgehead atoms. The van der Waals surface area contributed by atoms with E-state index in [1.165, 1.54) is 0 Å². The number of carbonyl (C=O) groups excluding carboxylic acids is 2.